The first-order valence-electron chi connectivity index (χ1n) is 18.9. The standard InChI is InChI=1S/C39H42F3N9O5/c1-48-35-28(51(38(48)55)29-11-13-33(52)46-37(29)54)10-12-30(56-2)34(35)23-14-16-49(17-15-23)20-22-6-8-25(9-7-22)50-21-24-18-32(43-19-27(24)47-50)45-36(53)26-4-3-5-31(44-26)39(40,41)42/h3-5,10,12,18-19,21-23,25,29H,6-9,11,13-17,20H2,1-2H3,(H,45,53)(H,46,52,54). The Kier molecular flexibility index (Phi) is 9.88. The van der Waals surface area contributed by atoms with Crippen molar-refractivity contribution in [1.82, 2.24) is 39.1 Å². The lowest BCUT2D eigenvalue weighted by Crippen LogP contribution is -2.44. The Balaban J connectivity index is 0.878. The minimum atomic E-state index is -4.66. The van der Waals surface area contributed by atoms with Crippen molar-refractivity contribution >= 4 is 45.5 Å². The minimum Gasteiger partial charge on any atom is -0.496 e. The highest BCUT2D eigenvalue weighted by Gasteiger charge is 2.35. The third kappa shape index (κ3) is 7.15. The van der Waals surface area contributed by atoms with Crippen molar-refractivity contribution in [3.63, 3.8) is 0 Å². The number of halogens is 3. The number of hydrogen-bond donors (Lipinski definition) is 2. The Hall–Kier alpha value is -5.58. The van der Waals surface area contributed by atoms with E-state index in [0.29, 0.717) is 17.0 Å². The number of anilines is 1. The fraction of sp³-hybridized carbons (Fsp3) is 0.462. The van der Waals surface area contributed by atoms with Gasteiger partial charge in [-0.15, -0.1) is 0 Å². The van der Waals surface area contributed by atoms with Gasteiger partial charge in [0.1, 0.15) is 34.5 Å². The van der Waals surface area contributed by atoms with Crippen LogP contribution in [0.25, 0.3) is 21.9 Å². The molecule has 1 saturated carbocycles. The second-order valence-corrected chi connectivity index (χ2v) is 15.1. The highest BCUT2D eigenvalue weighted by molar-refractivity contribution is 6.03. The molecule has 1 aliphatic carbocycles. The summed E-state index contributed by atoms with van der Waals surface area (Å²) in [6.07, 6.45) is 5.09. The highest BCUT2D eigenvalue weighted by atomic mass is 19.4. The van der Waals surface area contributed by atoms with Crippen LogP contribution in [-0.4, -0.2) is 78.2 Å². The molecule has 1 unspecified atom stereocenters. The van der Waals surface area contributed by atoms with Crippen molar-refractivity contribution in [3.05, 3.63) is 76.2 Å². The van der Waals surface area contributed by atoms with E-state index in [1.54, 1.807) is 31.0 Å². The molecule has 0 radical (unpaired) electrons. The summed E-state index contributed by atoms with van der Waals surface area (Å²) in [6, 6.07) is 8.00. The SMILES string of the molecule is COc1ccc2c(c1C1CCN(CC3CCC(n4cc5cc(NC(=O)c6cccc(C(F)(F)F)n6)ncc5n4)CC3)CC1)n(C)c(=O)n2C1CCC(=O)NC1=O. The van der Waals surface area contributed by atoms with Gasteiger partial charge in [-0.05, 0) is 100 Å². The Morgan fingerprint density at radius 2 is 1.79 bits per heavy atom. The lowest BCUT2D eigenvalue weighted by molar-refractivity contribution is -0.141. The second kappa shape index (κ2) is 14.8. The summed E-state index contributed by atoms with van der Waals surface area (Å²) in [5.74, 6) is 0.0546. The van der Waals surface area contributed by atoms with Crippen molar-refractivity contribution in [2.24, 2.45) is 13.0 Å². The van der Waals surface area contributed by atoms with Crippen LogP contribution in [0.4, 0.5) is 19.0 Å². The first-order chi connectivity index (χ1) is 26.9. The third-order valence-electron chi connectivity index (χ3n) is 11.6. The highest BCUT2D eigenvalue weighted by Crippen LogP contribution is 2.41. The zero-order valence-corrected chi connectivity index (χ0v) is 31.0. The first kappa shape index (κ1) is 37.3. The lowest BCUT2D eigenvalue weighted by atomic mass is 9.84. The average molecular weight is 774 g/mol. The molecule has 2 N–H and O–H groups in total. The number of fused-ring (bicyclic) bond motifs is 2. The summed E-state index contributed by atoms with van der Waals surface area (Å²) >= 11 is 0. The normalized spacial score (nSPS) is 21.4. The van der Waals surface area contributed by atoms with Crippen LogP contribution in [0.3, 0.4) is 0 Å². The number of pyridine rings is 2. The summed E-state index contributed by atoms with van der Waals surface area (Å²) < 4.78 is 50.2. The summed E-state index contributed by atoms with van der Waals surface area (Å²) in [7, 11) is 3.36. The number of hydrogen-bond acceptors (Lipinski definition) is 9. The molecule has 0 bridgehead atoms. The van der Waals surface area contributed by atoms with Crippen LogP contribution in [0.5, 0.6) is 5.75 Å². The van der Waals surface area contributed by atoms with Gasteiger partial charge in [0, 0.05) is 37.2 Å². The van der Waals surface area contributed by atoms with E-state index in [1.165, 1.54) is 10.6 Å². The molecule has 56 heavy (non-hydrogen) atoms. The quantitative estimate of drug-likeness (QED) is 0.199. The van der Waals surface area contributed by atoms with Crippen molar-refractivity contribution < 1.29 is 32.3 Å². The molecule has 2 saturated heterocycles. The monoisotopic (exact) mass is 773 g/mol. The van der Waals surface area contributed by atoms with Crippen molar-refractivity contribution in [2.75, 3.05) is 32.1 Å². The van der Waals surface area contributed by atoms with Crippen molar-refractivity contribution in [2.45, 2.75) is 75.5 Å². The van der Waals surface area contributed by atoms with Crippen LogP contribution in [-0.2, 0) is 22.8 Å². The van der Waals surface area contributed by atoms with E-state index in [0.717, 1.165) is 92.5 Å². The van der Waals surface area contributed by atoms with Gasteiger partial charge in [-0.1, -0.05) is 6.07 Å². The van der Waals surface area contributed by atoms with Crippen LogP contribution < -0.4 is 21.1 Å². The number of ether oxygens (including phenoxy) is 1. The van der Waals surface area contributed by atoms with E-state index < -0.39 is 29.7 Å². The van der Waals surface area contributed by atoms with Crippen LogP contribution >= 0.6 is 0 Å². The summed E-state index contributed by atoms with van der Waals surface area (Å²) in [4.78, 5) is 61.0. The van der Waals surface area contributed by atoms with E-state index in [9.17, 15) is 32.3 Å². The topological polar surface area (TPSA) is 158 Å². The number of amides is 3. The molecule has 6 heterocycles. The zero-order chi connectivity index (χ0) is 39.3. The molecule has 1 aromatic carbocycles. The smallest absolute Gasteiger partial charge is 0.433 e. The molecule has 3 fully saturated rings. The molecule has 3 aliphatic rings. The van der Waals surface area contributed by atoms with Gasteiger partial charge in [0.25, 0.3) is 5.91 Å². The maximum atomic E-state index is 13.6. The Bertz CT molecular complexity index is 2390. The molecule has 294 valence electrons. The predicted molar refractivity (Wildman–Crippen MR) is 199 cm³/mol. The number of nitrogens with one attached hydrogen (secondary N) is 2. The molecular formula is C39H42F3N9O5. The molecular weight excluding hydrogens is 731 g/mol. The van der Waals surface area contributed by atoms with Crippen LogP contribution in [0.1, 0.15) is 91.1 Å². The van der Waals surface area contributed by atoms with Gasteiger partial charge in [0.15, 0.2) is 0 Å². The third-order valence-corrected chi connectivity index (χ3v) is 11.6. The van der Waals surface area contributed by atoms with Gasteiger partial charge in [-0.2, -0.15) is 18.3 Å². The number of piperidine rings is 2. The van der Waals surface area contributed by atoms with Crippen molar-refractivity contribution in [3.8, 4) is 5.75 Å². The maximum absolute atomic E-state index is 13.6. The largest absolute Gasteiger partial charge is 0.496 e. The molecule has 2 aliphatic heterocycles. The fourth-order valence-electron chi connectivity index (χ4n) is 8.75. The Labute approximate surface area is 319 Å². The second-order valence-electron chi connectivity index (χ2n) is 15.1. The number of aromatic nitrogens is 6. The zero-order valence-electron chi connectivity index (χ0n) is 31.0. The molecule has 4 aromatic heterocycles. The number of benzene rings is 1. The molecule has 8 rings (SSSR count). The number of nitrogens with zero attached hydrogens (tertiary/aromatic N) is 7. The van der Waals surface area contributed by atoms with Gasteiger partial charge in [0.05, 0.1) is 30.4 Å². The molecule has 14 nitrogen and oxygen atoms in total. The van der Waals surface area contributed by atoms with Gasteiger partial charge in [0.2, 0.25) is 11.8 Å². The Morgan fingerprint density at radius 1 is 1.02 bits per heavy atom. The van der Waals surface area contributed by atoms with E-state index in [4.69, 9.17) is 9.84 Å². The van der Waals surface area contributed by atoms with Gasteiger partial charge in [-0.25, -0.2) is 14.8 Å². The van der Waals surface area contributed by atoms with Crippen LogP contribution in [0.2, 0.25) is 0 Å². The van der Waals surface area contributed by atoms with Gasteiger partial charge < -0.3 is 15.0 Å². The first-order valence-corrected chi connectivity index (χ1v) is 18.9. The van der Waals surface area contributed by atoms with E-state index in [2.05, 4.69) is 25.5 Å². The number of alkyl halides is 3. The Morgan fingerprint density at radius 3 is 2.50 bits per heavy atom. The number of imidazole rings is 1. The number of aryl methyl sites for hydroxylation is 1. The maximum Gasteiger partial charge on any atom is 0.433 e. The molecule has 3 amide bonds. The summed E-state index contributed by atoms with van der Waals surface area (Å²) in [6.45, 7) is 2.82. The van der Waals surface area contributed by atoms with Crippen LogP contribution in [0.15, 0.2) is 53.6 Å². The van der Waals surface area contributed by atoms with Gasteiger partial charge in [-0.3, -0.25) is 33.5 Å². The number of carbonyl (C=O) groups excluding carboxylic acids is 3. The molecule has 5 aromatic rings. The molecule has 17 heteroatoms. The van der Waals surface area contributed by atoms with Crippen molar-refractivity contribution in [1.29, 1.82) is 0 Å². The number of methoxy groups -OCH3 is 1. The molecule has 1 atom stereocenters. The number of likely N-dealkylation sites (tertiary alicyclic amines) is 1. The number of rotatable bonds is 8. The van der Waals surface area contributed by atoms with E-state index in [1.807, 2.05) is 23.0 Å². The minimum absolute atomic E-state index is 0.165. The number of carbonyl (C=O) groups is 3. The summed E-state index contributed by atoms with van der Waals surface area (Å²) in [5.41, 5.74) is 1.29. The van der Waals surface area contributed by atoms with Gasteiger partial charge >= 0.3 is 11.9 Å². The average Bonchev–Trinajstić information content (AvgIpc) is 3.72. The molecule has 0 spiro atoms. The lowest BCUT2D eigenvalue weighted by Gasteiger charge is -2.37. The van der Waals surface area contributed by atoms with Crippen LogP contribution in [0, 0.1) is 5.92 Å². The summed E-state index contributed by atoms with van der Waals surface area (Å²) in [5, 5.41) is 10.4. The van der Waals surface area contributed by atoms with E-state index >= 15 is 0 Å². The predicted octanol–water partition coefficient (Wildman–Crippen LogP) is 5.35. The van der Waals surface area contributed by atoms with E-state index in [-0.39, 0.29) is 47.9 Å². The number of imide groups is 1. The fourth-order valence-corrected chi connectivity index (χ4v) is 8.75.